The van der Waals surface area contributed by atoms with E-state index in [-0.39, 0.29) is 0 Å². The van der Waals surface area contributed by atoms with Crippen LogP contribution >= 0.6 is 11.2 Å². The van der Waals surface area contributed by atoms with Gasteiger partial charge in [-0.25, -0.2) is 4.79 Å². The first-order valence-electron chi connectivity index (χ1n) is 1.69. The Morgan fingerprint density at radius 3 is 2.57 bits per heavy atom. The van der Waals surface area contributed by atoms with Crippen molar-refractivity contribution in [3.63, 3.8) is 0 Å². The monoisotopic (exact) mass is 134 g/mol. The average molecular weight is 134 g/mol. The van der Waals surface area contributed by atoms with Crippen molar-refractivity contribution in [3.05, 3.63) is 11.5 Å². The molecule has 0 unspecified atom stereocenters. The molecule has 0 aromatic carbocycles. The molecule has 0 fully saturated rings. The van der Waals surface area contributed by atoms with Crippen molar-refractivity contribution in [2.75, 3.05) is 0 Å². The fourth-order valence-corrected chi connectivity index (χ4v) is 0.787. The van der Waals surface area contributed by atoms with Gasteiger partial charge in [0.25, 0.3) is 0 Å². The normalized spacial score (nSPS) is 10.3. The van der Waals surface area contributed by atoms with Gasteiger partial charge in [0.15, 0.2) is 0 Å². The second kappa shape index (κ2) is 3.95. The highest BCUT2D eigenvalue weighted by Gasteiger charge is 1.79. The summed E-state index contributed by atoms with van der Waals surface area (Å²) in [6, 6.07) is 0. The molecule has 0 spiro atoms. The Hall–Kier alpha value is -0.223. The van der Waals surface area contributed by atoms with Gasteiger partial charge < -0.3 is 5.11 Å². The molecular formula is C3H6O2SSi. The maximum Gasteiger partial charge on any atom is 0.328 e. The molecule has 0 aliphatic rings. The summed E-state index contributed by atoms with van der Waals surface area (Å²) in [7, 11) is 0.961. The molecule has 0 bridgehead atoms. The van der Waals surface area contributed by atoms with Gasteiger partial charge in [0.05, 0.1) is 9.39 Å². The third-order valence-corrected chi connectivity index (χ3v) is 1.57. The topological polar surface area (TPSA) is 37.3 Å². The smallest absolute Gasteiger partial charge is 0.328 e. The summed E-state index contributed by atoms with van der Waals surface area (Å²) in [5.41, 5.74) is 0. The minimum atomic E-state index is -0.872. The van der Waals surface area contributed by atoms with Gasteiger partial charge in [0, 0.05) is 6.08 Å². The van der Waals surface area contributed by atoms with E-state index < -0.39 is 5.97 Å². The van der Waals surface area contributed by atoms with Crippen LogP contribution < -0.4 is 0 Å². The summed E-state index contributed by atoms with van der Waals surface area (Å²) in [6.07, 6.45) is 1.14. The van der Waals surface area contributed by atoms with E-state index in [1.165, 1.54) is 11.2 Å². The Kier molecular flexibility index (Phi) is 3.82. The summed E-state index contributed by atoms with van der Waals surface area (Å²) in [4.78, 5) is 9.67. The van der Waals surface area contributed by atoms with Crippen molar-refractivity contribution in [3.8, 4) is 0 Å². The van der Waals surface area contributed by atoms with E-state index in [4.69, 9.17) is 5.11 Å². The predicted molar refractivity (Wildman–Crippen MR) is 34.3 cm³/mol. The molecule has 1 N–H and O–H groups in total. The SMILES string of the molecule is O=C(O)C=CS[SiH3]. The van der Waals surface area contributed by atoms with Gasteiger partial charge in [-0.2, -0.15) is 11.2 Å². The van der Waals surface area contributed by atoms with E-state index in [1.807, 2.05) is 0 Å². The quantitative estimate of drug-likeness (QED) is 0.412. The van der Waals surface area contributed by atoms with Gasteiger partial charge in [-0.1, -0.05) is 0 Å². The highest BCUT2D eigenvalue weighted by Crippen LogP contribution is 1.89. The number of carbonyl (C=O) groups is 1. The van der Waals surface area contributed by atoms with Crippen LogP contribution in [-0.4, -0.2) is 20.5 Å². The van der Waals surface area contributed by atoms with Crippen LogP contribution in [-0.2, 0) is 4.79 Å². The van der Waals surface area contributed by atoms with Crippen LogP contribution in [0.4, 0.5) is 0 Å². The molecule has 0 atom stereocenters. The lowest BCUT2D eigenvalue weighted by molar-refractivity contribution is -0.131. The summed E-state index contributed by atoms with van der Waals surface area (Å²) in [5.74, 6) is -0.872. The zero-order valence-corrected chi connectivity index (χ0v) is 6.73. The van der Waals surface area contributed by atoms with E-state index in [2.05, 4.69) is 0 Å². The molecule has 2 nitrogen and oxygen atoms in total. The van der Waals surface area contributed by atoms with Crippen molar-refractivity contribution in [1.29, 1.82) is 0 Å². The molecule has 0 radical (unpaired) electrons. The first kappa shape index (κ1) is 6.78. The highest BCUT2D eigenvalue weighted by atomic mass is 32.4. The van der Waals surface area contributed by atoms with Crippen molar-refractivity contribution in [1.82, 2.24) is 0 Å². The van der Waals surface area contributed by atoms with Gasteiger partial charge in [-0.3, -0.25) is 0 Å². The lowest BCUT2D eigenvalue weighted by atomic mass is 10.7. The summed E-state index contributed by atoms with van der Waals surface area (Å²) >= 11 is 1.51. The second-order valence-corrected chi connectivity index (χ2v) is 3.03. The van der Waals surface area contributed by atoms with Crippen LogP contribution in [0.15, 0.2) is 11.5 Å². The number of hydrogen-bond acceptors (Lipinski definition) is 2. The first-order chi connectivity index (χ1) is 3.27. The Morgan fingerprint density at radius 2 is 2.43 bits per heavy atom. The Balaban J connectivity index is 3.26. The minimum Gasteiger partial charge on any atom is -0.478 e. The summed E-state index contributed by atoms with van der Waals surface area (Å²) in [6.45, 7) is 0. The number of carboxylic acid groups (broad SMARTS) is 1. The van der Waals surface area contributed by atoms with E-state index in [9.17, 15) is 4.79 Å². The third-order valence-electron chi connectivity index (χ3n) is 0.347. The van der Waals surface area contributed by atoms with E-state index >= 15 is 0 Å². The first-order valence-corrected chi connectivity index (χ1v) is 5.43. The fourth-order valence-electron chi connectivity index (χ4n) is 0.126. The van der Waals surface area contributed by atoms with Crippen molar-refractivity contribution in [2.24, 2.45) is 0 Å². The van der Waals surface area contributed by atoms with Crippen molar-refractivity contribution >= 4 is 26.6 Å². The largest absolute Gasteiger partial charge is 0.478 e. The molecular weight excluding hydrogens is 128 g/mol. The van der Waals surface area contributed by atoms with Gasteiger partial charge in [0.1, 0.15) is 0 Å². The zero-order valence-electron chi connectivity index (χ0n) is 3.92. The average Bonchev–Trinajstić information content (AvgIpc) is 1.61. The number of carboxylic acids is 1. The lowest BCUT2D eigenvalue weighted by Gasteiger charge is -1.74. The maximum absolute atomic E-state index is 9.67. The molecule has 0 amide bonds. The molecule has 40 valence electrons. The van der Waals surface area contributed by atoms with E-state index in [0.717, 1.165) is 15.5 Å². The molecule has 7 heavy (non-hydrogen) atoms. The van der Waals surface area contributed by atoms with Crippen LogP contribution in [0, 0.1) is 0 Å². The summed E-state index contributed by atoms with van der Waals surface area (Å²) < 4.78 is 0. The molecule has 0 heterocycles. The Bertz CT molecular complexity index is 90.9. The van der Waals surface area contributed by atoms with Crippen molar-refractivity contribution < 1.29 is 9.90 Å². The summed E-state index contributed by atoms with van der Waals surface area (Å²) in [5, 5.41) is 9.54. The Labute approximate surface area is 48.7 Å². The lowest BCUT2D eigenvalue weighted by Crippen LogP contribution is -1.83. The Morgan fingerprint density at radius 1 is 1.86 bits per heavy atom. The third kappa shape index (κ3) is 5.78. The van der Waals surface area contributed by atoms with Crippen LogP contribution in [0.3, 0.4) is 0 Å². The molecule has 0 saturated carbocycles. The molecule has 0 aromatic heterocycles. The van der Waals surface area contributed by atoms with Crippen LogP contribution in [0.25, 0.3) is 0 Å². The molecule has 4 heteroatoms. The molecule has 0 aliphatic carbocycles. The molecule has 0 aliphatic heterocycles. The van der Waals surface area contributed by atoms with E-state index in [0.29, 0.717) is 0 Å². The van der Waals surface area contributed by atoms with Gasteiger partial charge in [0.2, 0.25) is 0 Å². The number of hydrogen-bond donors (Lipinski definition) is 1. The highest BCUT2D eigenvalue weighted by molar-refractivity contribution is 8.22. The van der Waals surface area contributed by atoms with E-state index in [1.54, 1.807) is 5.41 Å². The fraction of sp³-hybridized carbons (Fsp3) is 0. The molecule has 0 rings (SSSR count). The van der Waals surface area contributed by atoms with Gasteiger partial charge in [-0.05, 0) is 5.41 Å². The van der Waals surface area contributed by atoms with Crippen LogP contribution in [0.2, 0.25) is 0 Å². The standard InChI is InChI=1S/C3H6O2SSi/c4-3(5)1-2-6-7/h1-2H,7H3,(H,4,5). The zero-order chi connectivity index (χ0) is 5.70. The molecule has 0 aromatic rings. The number of rotatable bonds is 2. The van der Waals surface area contributed by atoms with Crippen LogP contribution in [0.5, 0.6) is 0 Å². The number of aliphatic carboxylic acids is 1. The van der Waals surface area contributed by atoms with Crippen LogP contribution in [0.1, 0.15) is 0 Å². The maximum atomic E-state index is 9.67. The minimum absolute atomic E-state index is 0.872. The van der Waals surface area contributed by atoms with Crippen molar-refractivity contribution in [2.45, 2.75) is 0 Å². The second-order valence-electron chi connectivity index (χ2n) is 0.877. The van der Waals surface area contributed by atoms with Gasteiger partial charge >= 0.3 is 5.97 Å². The molecule has 0 saturated heterocycles. The van der Waals surface area contributed by atoms with Gasteiger partial charge in [-0.15, -0.1) is 0 Å². The predicted octanol–water partition coefficient (Wildman–Crippen LogP) is -0.402.